The fourth-order valence-corrected chi connectivity index (χ4v) is 3.78. The maximum Gasteiger partial charge on any atom is 0.340 e. The van der Waals surface area contributed by atoms with Crippen molar-refractivity contribution in [3.63, 3.8) is 0 Å². The number of carbonyl (C=O) groups is 4. The Morgan fingerprint density at radius 2 is 1.82 bits per heavy atom. The molecule has 1 fully saturated rings. The third kappa shape index (κ3) is 6.88. The van der Waals surface area contributed by atoms with Crippen LogP contribution in [0.1, 0.15) is 30.6 Å². The highest BCUT2D eigenvalue weighted by Crippen LogP contribution is 2.34. The first-order chi connectivity index (χ1) is 15.7. The molecule has 2 rings (SSSR count). The fraction of sp³-hybridized carbons (Fsp3) is 0.455. The van der Waals surface area contributed by atoms with Crippen molar-refractivity contribution in [1.29, 1.82) is 0 Å². The van der Waals surface area contributed by atoms with Gasteiger partial charge in [-0.1, -0.05) is 25.6 Å². The summed E-state index contributed by atoms with van der Waals surface area (Å²) in [6.07, 6.45) is 1.60. The van der Waals surface area contributed by atoms with Gasteiger partial charge in [-0.3, -0.25) is 9.59 Å². The maximum atomic E-state index is 12.8. The number of carbonyl (C=O) groups excluding carboxylic acids is 4. The molecule has 1 aliphatic heterocycles. The summed E-state index contributed by atoms with van der Waals surface area (Å²) < 4.78 is 20.5. The monoisotopic (exact) mass is 480 g/mol. The number of anilines is 1. The van der Waals surface area contributed by atoms with Crippen molar-refractivity contribution < 1.29 is 38.1 Å². The first-order valence-corrected chi connectivity index (χ1v) is 11.2. The van der Waals surface area contributed by atoms with Gasteiger partial charge in [-0.05, 0) is 6.42 Å². The average molecular weight is 481 g/mol. The van der Waals surface area contributed by atoms with Crippen molar-refractivity contribution in [2.24, 2.45) is 5.92 Å². The van der Waals surface area contributed by atoms with Crippen molar-refractivity contribution >= 4 is 41.2 Å². The van der Waals surface area contributed by atoms with E-state index in [4.69, 9.17) is 14.2 Å². The lowest BCUT2D eigenvalue weighted by Gasteiger charge is -2.18. The molecule has 1 N–H and O–H groups in total. The standard InChI is InChI=1S/C22H28N2O8S/c1-13(2)21(27)23-15-10-17(30-4)16(29-3)9-14(15)22(28)32-8-6-7-24-18(25)12-33-19(24)11-20(26)31-5/h9-11,13H,6-8,12H2,1-5H3,(H,23,27)/b19-11+. The molecule has 1 aromatic rings. The summed E-state index contributed by atoms with van der Waals surface area (Å²) >= 11 is 1.24. The van der Waals surface area contributed by atoms with E-state index in [1.54, 1.807) is 13.8 Å². The van der Waals surface area contributed by atoms with Gasteiger partial charge >= 0.3 is 11.9 Å². The van der Waals surface area contributed by atoms with Crippen LogP contribution in [-0.2, 0) is 23.9 Å². The Hall–Kier alpha value is -3.21. The summed E-state index contributed by atoms with van der Waals surface area (Å²) in [5.41, 5.74) is 0.353. The summed E-state index contributed by atoms with van der Waals surface area (Å²) in [6, 6.07) is 2.94. The molecule has 11 heteroatoms. The van der Waals surface area contributed by atoms with Gasteiger partial charge in [0.15, 0.2) is 11.5 Å². The van der Waals surface area contributed by atoms with Gasteiger partial charge in [0.05, 0.1) is 56.0 Å². The molecule has 0 bridgehead atoms. The predicted octanol–water partition coefficient (Wildman–Crippen LogP) is 2.44. The van der Waals surface area contributed by atoms with Crippen LogP contribution in [0.5, 0.6) is 11.5 Å². The smallest absolute Gasteiger partial charge is 0.340 e. The minimum absolute atomic E-state index is 0.0185. The van der Waals surface area contributed by atoms with Crippen molar-refractivity contribution in [2.75, 3.05) is 45.6 Å². The Kier molecular flexibility index (Phi) is 9.58. The van der Waals surface area contributed by atoms with Crippen LogP contribution in [0.4, 0.5) is 5.69 Å². The molecular formula is C22H28N2O8S. The van der Waals surface area contributed by atoms with Crippen molar-refractivity contribution in [2.45, 2.75) is 20.3 Å². The van der Waals surface area contributed by atoms with Gasteiger partial charge in [-0.2, -0.15) is 0 Å². The van der Waals surface area contributed by atoms with E-state index >= 15 is 0 Å². The largest absolute Gasteiger partial charge is 0.493 e. The first kappa shape index (κ1) is 26.0. The lowest BCUT2D eigenvalue weighted by molar-refractivity contribution is -0.135. The number of thioether (sulfide) groups is 1. The Bertz CT molecular complexity index is 945. The van der Waals surface area contributed by atoms with Crippen LogP contribution in [0.15, 0.2) is 23.2 Å². The van der Waals surface area contributed by atoms with Crippen LogP contribution in [0.3, 0.4) is 0 Å². The van der Waals surface area contributed by atoms with Gasteiger partial charge in [0.1, 0.15) is 0 Å². The van der Waals surface area contributed by atoms with Crippen LogP contribution in [0.2, 0.25) is 0 Å². The summed E-state index contributed by atoms with van der Waals surface area (Å²) in [6.45, 7) is 3.75. The second-order valence-electron chi connectivity index (χ2n) is 7.23. The number of nitrogens with zero attached hydrogens (tertiary/aromatic N) is 1. The zero-order chi connectivity index (χ0) is 24.5. The van der Waals surface area contributed by atoms with Crippen LogP contribution < -0.4 is 14.8 Å². The second-order valence-corrected chi connectivity index (χ2v) is 8.22. The van der Waals surface area contributed by atoms with Gasteiger partial charge < -0.3 is 29.2 Å². The molecule has 0 spiro atoms. The minimum Gasteiger partial charge on any atom is -0.493 e. The van der Waals surface area contributed by atoms with Gasteiger partial charge in [-0.15, -0.1) is 0 Å². The highest BCUT2D eigenvalue weighted by atomic mass is 32.2. The van der Waals surface area contributed by atoms with E-state index in [0.717, 1.165) is 0 Å². The lowest BCUT2D eigenvalue weighted by Crippen LogP contribution is -2.27. The van der Waals surface area contributed by atoms with E-state index in [1.807, 2.05) is 0 Å². The number of ether oxygens (including phenoxy) is 4. The van der Waals surface area contributed by atoms with Crippen LogP contribution in [0, 0.1) is 5.92 Å². The molecule has 0 aromatic heterocycles. The highest BCUT2D eigenvalue weighted by Gasteiger charge is 2.27. The van der Waals surface area contributed by atoms with E-state index in [-0.39, 0.29) is 47.9 Å². The molecule has 0 unspecified atom stereocenters. The second kappa shape index (κ2) is 12.1. The number of hydrogen-bond acceptors (Lipinski definition) is 9. The van der Waals surface area contributed by atoms with E-state index in [1.165, 1.54) is 56.2 Å². The van der Waals surface area contributed by atoms with Gasteiger partial charge in [0, 0.05) is 24.6 Å². The van der Waals surface area contributed by atoms with E-state index in [2.05, 4.69) is 10.1 Å². The maximum absolute atomic E-state index is 12.8. The predicted molar refractivity (Wildman–Crippen MR) is 122 cm³/mol. The number of methoxy groups -OCH3 is 3. The van der Waals surface area contributed by atoms with E-state index in [9.17, 15) is 19.2 Å². The minimum atomic E-state index is -0.664. The zero-order valence-electron chi connectivity index (χ0n) is 19.3. The molecule has 1 aliphatic rings. The van der Waals surface area contributed by atoms with E-state index < -0.39 is 11.9 Å². The number of hydrogen-bond donors (Lipinski definition) is 1. The van der Waals surface area contributed by atoms with Crippen LogP contribution in [-0.4, -0.2) is 68.9 Å². The molecule has 0 saturated carbocycles. The molecular weight excluding hydrogens is 452 g/mol. The number of benzene rings is 1. The summed E-state index contributed by atoms with van der Waals surface area (Å²) in [7, 11) is 4.14. The quantitative estimate of drug-likeness (QED) is 0.306. The molecule has 1 heterocycles. The normalized spacial score (nSPS) is 14.4. The molecule has 180 valence electrons. The Balaban J connectivity index is 2.08. The SMILES string of the molecule is COC(=O)/C=C1/SCC(=O)N1CCCOC(=O)c1cc(OC)c(OC)cc1NC(=O)C(C)C. The molecule has 1 aromatic carbocycles. The number of rotatable bonds is 10. The number of esters is 2. The molecule has 1 saturated heterocycles. The molecule has 0 radical (unpaired) electrons. The highest BCUT2D eigenvalue weighted by molar-refractivity contribution is 8.04. The summed E-state index contributed by atoms with van der Waals surface area (Å²) in [4.78, 5) is 50.0. The van der Waals surface area contributed by atoms with Gasteiger partial charge in [-0.25, -0.2) is 9.59 Å². The Morgan fingerprint density at radius 3 is 2.42 bits per heavy atom. The summed E-state index contributed by atoms with van der Waals surface area (Å²) in [5, 5.41) is 3.20. The fourth-order valence-electron chi connectivity index (χ4n) is 2.82. The number of amides is 2. The van der Waals surface area contributed by atoms with Crippen molar-refractivity contribution in [3.05, 3.63) is 28.8 Å². The topological polar surface area (TPSA) is 120 Å². The molecule has 33 heavy (non-hydrogen) atoms. The third-order valence-corrected chi connectivity index (χ3v) is 5.66. The Labute approximate surface area is 196 Å². The summed E-state index contributed by atoms with van der Waals surface area (Å²) in [5.74, 6) is -1.04. The van der Waals surface area contributed by atoms with Gasteiger partial charge in [0.2, 0.25) is 11.8 Å². The Morgan fingerprint density at radius 1 is 1.15 bits per heavy atom. The average Bonchev–Trinajstić information content (AvgIpc) is 3.14. The number of nitrogens with one attached hydrogen (secondary N) is 1. The first-order valence-electron chi connectivity index (χ1n) is 10.2. The zero-order valence-corrected chi connectivity index (χ0v) is 20.1. The molecule has 2 amide bonds. The lowest BCUT2D eigenvalue weighted by atomic mass is 10.1. The molecule has 10 nitrogen and oxygen atoms in total. The van der Waals surface area contributed by atoms with Crippen LogP contribution in [0.25, 0.3) is 0 Å². The van der Waals surface area contributed by atoms with E-state index in [0.29, 0.717) is 22.9 Å². The van der Waals surface area contributed by atoms with Crippen molar-refractivity contribution in [1.82, 2.24) is 4.90 Å². The van der Waals surface area contributed by atoms with Gasteiger partial charge in [0.25, 0.3) is 0 Å². The molecule has 0 atom stereocenters. The molecule has 0 aliphatic carbocycles. The third-order valence-electron chi connectivity index (χ3n) is 4.64. The van der Waals surface area contributed by atoms with Crippen LogP contribution >= 0.6 is 11.8 Å². The van der Waals surface area contributed by atoms with Crippen molar-refractivity contribution in [3.8, 4) is 11.5 Å².